The van der Waals surface area contributed by atoms with Crippen LogP contribution < -0.4 is 4.72 Å². The molecule has 0 aliphatic carbocycles. The molecule has 104 valence electrons. The van der Waals surface area contributed by atoms with Crippen LogP contribution in [0.25, 0.3) is 0 Å². The van der Waals surface area contributed by atoms with Crippen molar-refractivity contribution >= 4 is 54.4 Å². The van der Waals surface area contributed by atoms with Gasteiger partial charge in [-0.1, -0.05) is 11.3 Å². The molecule has 0 spiro atoms. The van der Waals surface area contributed by atoms with E-state index < -0.39 is 10.0 Å². The number of aromatic nitrogens is 3. The van der Waals surface area contributed by atoms with E-state index in [1.807, 2.05) is 0 Å². The number of nitrogens with one attached hydrogen (secondary N) is 1. The van der Waals surface area contributed by atoms with Crippen LogP contribution in [-0.2, 0) is 28.4 Å². The van der Waals surface area contributed by atoms with Gasteiger partial charge in [0.25, 0.3) is 10.0 Å². The van der Waals surface area contributed by atoms with Crippen LogP contribution in [0, 0.1) is 0 Å². The Morgan fingerprint density at radius 1 is 1.35 bits per heavy atom. The average Bonchev–Trinajstić information content (AvgIpc) is 2.96. The predicted molar refractivity (Wildman–Crippen MR) is 77.5 cm³/mol. The van der Waals surface area contributed by atoms with Crippen LogP contribution in [0.2, 0.25) is 0 Å². The molecule has 8 nitrogen and oxygen atoms in total. The molecule has 0 saturated heterocycles. The fourth-order valence-corrected chi connectivity index (χ4v) is 4.40. The van der Waals surface area contributed by atoms with Gasteiger partial charge in [0, 0.05) is 7.05 Å². The lowest BCUT2D eigenvalue weighted by molar-refractivity contribution is 0.578. The Hall–Kier alpha value is -1.59. The molecule has 1 aromatic heterocycles. The lowest BCUT2D eigenvalue weighted by atomic mass is 10.2. The van der Waals surface area contributed by atoms with E-state index in [9.17, 15) is 8.42 Å². The van der Waals surface area contributed by atoms with E-state index in [0.717, 1.165) is 11.4 Å². The number of hydrogen-bond donors (Lipinski definition) is 1. The quantitative estimate of drug-likeness (QED) is 0.757. The fourth-order valence-electron chi connectivity index (χ4n) is 1.69. The molecule has 0 amide bonds. The standard InChI is InChI=1S/C9H7BrN6O2S2/c1-16-9(8(10)11-15-16)20(17,18)14-6-4-2-3-5-7(6)13-19-12-5/h2-4,14H,1H3. The molecule has 1 aliphatic rings. The minimum atomic E-state index is -3.82. The van der Waals surface area contributed by atoms with Gasteiger partial charge in [-0.2, -0.15) is 17.1 Å². The molecule has 1 N–H and O–H groups in total. The molecular formula is C9H7BrN6O2S2. The Morgan fingerprint density at radius 2 is 2.15 bits per heavy atom. The first-order valence-corrected chi connectivity index (χ1v) is 8.29. The third-order valence-corrected chi connectivity index (χ3v) is 5.32. The topological polar surface area (TPSA) is 102 Å². The summed E-state index contributed by atoms with van der Waals surface area (Å²) in [6, 6.07) is 5.09. The number of sulfonamides is 1. The molecule has 1 aliphatic heterocycles. The van der Waals surface area contributed by atoms with Crippen LogP contribution in [0.1, 0.15) is 0 Å². The molecule has 2 heterocycles. The molecule has 20 heavy (non-hydrogen) atoms. The number of rotatable bonds is 3. The third kappa shape index (κ3) is 2.17. The molecule has 1 aromatic carbocycles. The maximum absolute atomic E-state index is 12.4. The minimum absolute atomic E-state index is 0.0577. The Bertz CT molecular complexity index is 849. The minimum Gasteiger partial charge on any atom is -0.276 e. The summed E-state index contributed by atoms with van der Waals surface area (Å²) in [6.45, 7) is 0. The highest BCUT2D eigenvalue weighted by molar-refractivity contribution is 9.10. The van der Waals surface area contributed by atoms with Gasteiger partial charge in [0.05, 0.1) is 17.0 Å². The summed E-state index contributed by atoms with van der Waals surface area (Å²) in [4.78, 5) is 0. The molecule has 3 rings (SSSR count). The van der Waals surface area contributed by atoms with E-state index in [1.54, 1.807) is 18.2 Å². The molecule has 11 heteroatoms. The Labute approximate surface area is 126 Å². The van der Waals surface area contributed by atoms with Gasteiger partial charge in [-0.15, -0.1) is 5.10 Å². The molecule has 0 fully saturated rings. The second-order valence-electron chi connectivity index (χ2n) is 3.85. The van der Waals surface area contributed by atoms with Gasteiger partial charge < -0.3 is 0 Å². The van der Waals surface area contributed by atoms with E-state index in [1.165, 1.54) is 11.7 Å². The second-order valence-corrected chi connectivity index (χ2v) is 6.73. The van der Waals surface area contributed by atoms with Crippen LogP contribution in [0.4, 0.5) is 17.1 Å². The van der Waals surface area contributed by atoms with E-state index >= 15 is 0 Å². The molecule has 0 unspecified atom stereocenters. The van der Waals surface area contributed by atoms with E-state index in [0.29, 0.717) is 17.1 Å². The third-order valence-electron chi connectivity index (χ3n) is 2.52. The van der Waals surface area contributed by atoms with Gasteiger partial charge in [0.2, 0.25) is 5.03 Å². The lowest BCUT2D eigenvalue weighted by Gasteiger charge is -2.09. The second kappa shape index (κ2) is 4.75. The molecule has 2 aromatic rings. The highest BCUT2D eigenvalue weighted by atomic mass is 79.9. The van der Waals surface area contributed by atoms with Crippen molar-refractivity contribution in [1.29, 1.82) is 0 Å². The Balaban J connectivity index is 2.04. The zero-order valence-corrected chi connectivity index (χ0v) is 13.2. The number of hydrogen-bond acceptors (Lipinski definition) is 6. The monoisotopic (exact) mass is 374 g/mol. The molecular weight excluding hydrogens is 368 g/mol. The molecule has 0 saturated carbocycles. The predicted octanol–water partition coefficient (Wildman–Crippen LogP) is 2.10. The van der Waals surface area contributed by atoms with Gasteiger partial charge in [-0.3, -0.25) is 4.72 Å². The maximum atomic E-state index is 12.4. The fraction of sp³-hybridized carbons (Fsp3) is 0.111. The smallest absolute Gasteiger partial charge is 0.276 e. The summed E-state index contributed by atoms with van der Waals surface area (Å²) in [6.07, 6.45) is 0. The van der Waals surface area contributed by atoms with E-state index in [4.69, 9.17) is 0 Å². The maximum Gasteiger partial charge on any atom is 0.281 e. The lowest BCUT2D eigenvalue weighted by Crippen LogP contribution is -2.17. The van der Waals surface area contributed by atoms with Crippen molar-refractivity contribution in [2.24, 2.45) is 15.8 Å². The number of benzene rings is 1. The number of aryl methyl sites for hydroxylation is 1. The summed E-state index contributed by atoms with van der Waals surface area (Å²) < 4.78 is 36.7. The van der Waals surface area contributed by atoms with Crippen molar-refractivity contribution in [3.63, 3.8) is 0 Å². The summed E-state index contributed by atoms with van der Waals surface area (Å²) in [5.41, 5.74) is 1.51. The number of anilines is 1. The van der Waals surface area contributed by atoms with Crippen LogP contribution in [0.3, 0.4) is 0 Å². The zero-order valence-electron chi connectivity index (χ0n) is 9.98. The summed E-state index contributed by atoms with van der Waals surface area (Å²) in [5, 5.41) is 7.25. The van der Waals surface area contributed by atoms with Crippen LogP contribution in [0.15, 0.2) is 36.6 Å². The largest absolute Gasteiger partial charge is 0.281 e. The van der Waals surface area contributed by atoms with Crippen molar-refractivity contribution in [3.05, 3.63) is 22.8 Å². The number of halogens is 1. The first kappa shape index (κ1) is 13.4. The van der Waals surface area contributed by atoms with Gasteiger partial charge in [0.15, 0.2) is 4.60 Å². The first-order chi connectivity index (χ1) is 9.49. The van der Waals surface area contributed by atoms with Crippen molar-refractivity contribution < 1.29 is 8.42 Å². The average molecular weight is 375 g/mol. The summed E-state index contributed by atoms with van der Waals surface area (Å²) in [5.74, 6) is 0. The van der Waals surface area contributed by atoms with Crippen molar-refractivity contribution in [3.8, 4) is 0 Å². The molecule has 0 atom stereocenters. The Morgan fingerprint density at radius 3 is 2.85 bits per heavy atom. The van der Waals surface area contributed by atoms with Gasteiger partial charge in [-0.25, -0.2) is 4.68 Å². The van der Waals surface area contributed by atoms with Crippen LogP contribution >= 0.6 is 15.9 Å². The van der Waals surface area contributed by atoms with Crippen molar-refractivity contribution in [1.82, 2.24) is 15.0 Å². The zero-order chi connectivity index (χ0) is 14.3. The highest BCUT2D eigenvalue weighted by Crippen LogP contribution is 2.39. The van der Waals surface area contributed by atoms with Gasteiger partial charge in [-0.05, 0) is 28.1 Å². The van der Waals surface area contributed by atoms with Crippen molar-refractivity contribution in [2.75, 3.05) is 4.72 Å². The van der Waals surface area contributed by atoms with Crippen LogP contribution in [-0.4, -0.2) is 23.4 Å². The number of nitrogens with zero attached hydrogens (tertiary/aromatic N) is 5. The molecule has 0 bridgehead atoms. The summed E-state index contributed by atoms with van der Waals surface area (Å²) >= 11 is 4.09. The number of fused-ring (bicyclic) bond motifs is 1. The van der Waals surface area contributed by atoms with Crippen molar-refractivity contribution in [2.45, 2.75) is 5.03 Å². The van der Waals surface area contributed by atoms with E-state index in [2.05, 4.69) is 39.7 Å². The normalized spacial score (nSPS) is 13.1. The highest BCUT2D eigenvalue weighted by Gasteiger charge is 2.25. The van der Waals surface area contributed by atoms with Gasteiger partial charge in [0.1, 0.15) is 11.4 Å². The first-order valence-electron chi connectivity index (χ1n) is 5.28. The molecule has 0 radical (unpaired) electrons. The van der Waals surface area contributed by atoms with Crippen LogP contribution in [0.5, 0.6) is 0 Å². The summed E-state index contributed by atoms with van der Waals surface area (Å²) in [7, 11) is -2.33. The van der Waals surface area contributed by atoms with Gasteiger partial charge >= 0.3 is 0 Å². The Kier molecular flexibility index (Phi) is 3.18. The van der Waals surface area contributed by atoms with E-state index in [-0.39, 0.29) is 9.63 Å². The SMILES string of the molecule is Cn1nnc(Br)c1S(=O)(=O)Nc1cccc2c1N=S=N2.